The molecule has 176 valence electrons. The fourth-order valence-corrected chi connectivity index (χ4v) is 5.02. The standard InChI is InChI=1S/C26H28N4O4/c1-33-14-12-23(31)27-21-16-19(26(32)30-13-11-17-7-5-6-10-22(17)30)15-20(21)25-28-24(29-34-25)18-8-3-2-4-9-18/h2-10,19-21H,11-16H2,1H3,(H,27,31)/t19-,20-,21+/m0/s1. The number of methoxy groups -OCH3 is 1. The molecule has 5 rings (SSSR count). The van der Waals surface area contributed by atoms with Crippen LogP contribution in [0, 0.1) is 5.92 Å². The molecule has 2 heterocycles. The molecule has 0 unspecified atom stereocenters. The van der Waals surface area contributed by atoms with E-state index >= 15 is 0 Å². The predicted molar refractivity (Wildman–Crippen MR) is 126 cm³/mol. The molecule has 0 bridgehead atoms. The van der Waals surface area contributed by atoms with E-state index < -0.39 is 0 Å². The molecular weight excluding hydrogens is 432 g/mol. The summed E-state index contributed by atoms with van der Waals surface area (Å²) in [5, 5.41) is 7.25. The largest absolute Gasteiger partial charge is 0.384 e. The first-order valence-corrected chi connectivity index (χ1v) is 11.7. The van der Waals surface area contributed by atoms with Gasteiger partial charge in [0.05, 0.1) is 12.5 Å². The number of carbonyl (C=O) groups excluding carboxylic acids is 2. The Kier molecular flexibility index (Phi) is 6.40. The van der Waals surface area contributed by atoms with E-state index in [4.69, 9.17) is 9.26 Å². The van der Waals surface area contributed by atoms with E-state index in [1.54, 1.807) is 7.11 Å². The minimum absolute atomic E-state index is 0.0892. The number of nitrogens with zero attached hydrogens (tertiary/aromatic N) is 3. The first-order valence-electron chi connectivity index (χ1n) is 11.7. The summed E-state index contributed by atoms with van der Waals surface area (Å²) >= 11 is 0. The Morgan fingerprint density at radius 2 is 1.91 bits per heavy atom. The Bertz CT molecular complexity index is 1160. The number of para-hydroxylation sites is 1. The van der Waals surface area contributed by atoms with Crippen molar-refractivity contribution in [3.05, 3.63) is 66.1 Å². The van der Waals surface area contributed by atoms with Crippen molar-refractivity contribution in [1.82, 2.24) is 15.5 Å². The number of hydrogen-bond acceptors (Lipinski definition) is 6. The number of ether oxygens (including phenoxy) is 1. The van der Waals surface area contributed by atoms with Gasteiger partial charge in [0.2, 0.25) is 23.5 Å². The molecule has 8 heteroatoms. The second-order valence-corrected chi connectivity index (χ2v) is 8.88. The highest BCUT2D eigenvalue weighted by atomic mass is 16.5. The summed E-state index contributed by atoms with van der Waals surface area (Å²) in [6.07, 6.45) is 2.20. The Hall–Kier alpha value is -3.52. The quantitative estimate of drug-likeness (QED) is 0.581. The number of nitrogens with one attached hydrogen (secondary N) is 1. The van der Waals surface area contributed by atoms with Crippen LogP contribution in [0.2, 0.25) is 0 Å². The van der Waals surface area contributed by atoms with Gasteiger partial charge in [0.1, 0.15) is 0 Å². The zero-order chi connectivity index (χ0) is 23.5. The number of amides is 2. The Balaban J connectivity index is 1.37. The van der Waals surface area contributed by atoms with Gasteiger partial charge in [-0.1, -0.05) is 53.7 Å². The van der Waals surface area contributed by atoms with Crippen LogP contribution >= 0.6 is 0 Å². The highest BCUT2D eigenvalue weighted by Gasteiger charge is 2.44. The van der Waals surface area contributed by atoms with Crippen LogP contribution in [0.25, 0.3) is 11.4 Å². The van der Waals surface area contributed by atoms with Crippen LogP contribution in [-0.4, -0.2) is 48.3 Å². The van der Waals surface area contributed by atoms with Crippen molar-refractivity contribution in [1.29, 1.82) is 0 Å². The molecule has 3 atom stereocenters. The highest BCUT2D eigenvalue weighted by Crippen LogP contribution is 2.41. The lowest BCUT2D eigenvalue weighted by Crippen LogP contribution is -2.38. The van der Waals surface area contributed by atoms with Crippen LogP contribution in [0.3, 0.4) is 0 Å². The molecule has 0 radical (unpaired) electrons. The Morgan fingerprint density at radius 3 is 2.74 bits per heavy atom. The van der Waals surface area contributed by atoms with Crippen LogP contribution in [0.15, 0.2) is 59.1 Å². The van der Waals surface area contributed by atoms with Gasteiger partial charge in [-0.2, -0.15) is 4.98 Å². The van der Waals surface area contributed by atoms with Gasteiger partial charge in [0.15, 0.2) is 0 Å². The van der Waals surface area contributed by atoms with E-state index in [9.17, 15) is 9.59 Å². The zero-order valence-corrected chi connectivity index (χ0v) is 19.1. The number of fused-ring (bicyclic) bond motifs is 1. The average molecular weight is 461 g/mol. The van der Waals surface area contributed by atoms with E-state index in [0.29, 0.717) is 37.7 Å². The lowest BCUT2D eigenvalue weighted by Gasteiger charge is -2.21. The molecule has 1 fully saturated rings. The maximum Gasteiger partial charge on any atom is 0.232 e. The molecule has 0 spiro atoms. The van der Waals surface area contributed by atoms with Gasteiger partial charge < -0.3 is 19.5 Å². The van der Waals surface area contributed by atoms with Crippen molar-refractivity contribution in [2.45, 2.75) is 37.6 Å². The van der Waals surface area contributed by atoms with E-state index in [1.165, 1.54) is 5.56 Å². The number of carbonyl (C=O) groups is 2. The summed E-state index contributed by atoms with van der Waals surface area (Å²) in [5.41, 5.74) is 3.04. The van der Waals surface area contributed by atoms with Gasteiger partial charge in [-0.15, -0.1) is 0 Å². The Labute approximate surface area is 198 Å². The molecule has 0 saturated heterocycles. The number of aromatic nitrogens is 2. The van der Waals surface area contributed by atoms with Gasteiger partial charge in [0, 0.05) is 43.3 Å². The average Bonchev–Trinajstić information content (AvgIpc) is 3.61. The maximum atomic E-state index is 13.5. The van der Waals surface area contributed by atoms with Crippen LogP contribution in [0.5, 0.6) is 0 Å². The minimum atomic E-state index is -0.264. The number of hydrogen-bond donors (Lipinski definition) is 1. The maximum absolute atomic E-state index is 13.5. The van der Waals surface area contributed by atoms with E-state index in [1.807, 2.05) is 53.4 Å². The van der Waals surface area contributed by atoms with Crippen LogP contribution in [0.4, 0.5) is 5.69 Å². The topological polar surface area (TPSA) is 97.6 Å². The summed E-state index contributed by atoms with van der Waals surface area (Å²) in [6, 6.07) is 17.4. The van der Waals surface area contributed by atoms with Crippen LogP contribution in [-0.2, 0) is 20.7 Å². The summed E-state index contributed by atoms with van der Waals surface area (Å²) in [7, 11) is 1.57. The lowest BCUT2D eigenvalue weighted by atomic mass is 10.0. The van der Waals surface area contributed by atoms with Gasteiger partial charge in [0.25, 0.3) is 0 Å². The molecule has 2 aromatic carbocycles. The molecule has 2 aliphatic rings. The molecule has 8 nitrogen and oxygen atoms in total. The molecule has 34 heavy (non-hydrogen) atoms. The van der Waals surface area contributed by atoms with Crippen molar-refractivity contribution in [2.75, 3.05) is 25.2 Å². The van der Waals surface area contributed by atoms with Crippen molar-refractivity contribution < 1.29 is 18.8 Å². The first kappa shape index (κ1) is 22.3. The summed E-state index contributed by atoms with van der Waals surface area (Å²) in [6.45, 7) is 1.03. The summed E-state index contributed by atoms with van der Waals surface area (Å²) in [4.78, 5) is 32.6. The monoisotopic (exact) mass is 460 g/mol. The molecule has 1 aromatic heterocycles. The van der Waals surface area contributed by atoms with Gasteiger partial charge in [-0.05, 0) is 30.9 Å². The van der Waals surface area contributed by atoms with Crippen molar-refractivity contribution in [3.63, 3.8) is 0 Å². The van der Waals surface area contributed by atoms with Gasteiger partial charge in [-0.25, -0.2) is 0 Å². The van der Waals surface area contributed by atoms with Crippen molar-refractivity contribution in [2.24, 2.45) is 5.92 Å². The lowest BCUT2D eigenvalue weighted by molar-refractivity contribution is -0.124. The minimum Gasteiger partial charge on any atom is -0.384 e. The molecule has 1 N–H and O–H groups in total. The van der Waals surface area contributed by atoms with Crippen molar-refractivity contribution in [3.8, 4) is 11.4 Å². The summed E-state index contributed by atoms with van der Waals surface area (Å²) in [5.74, 6) is 0.459. The SMILES string of the molecule is COCCC(=O)N[C@@H]1C[C@@H](C(=O)N2CCc3ccccc32)C[C@@H]1c1nc(-c2ccccc2)no1. The number of benzene rings is 2. The van der Waals surface area contributed by atoms with Gasteiger partial charge >= 0.3 is 0 Å². The third-order valence-electron chi connectivity index (χ3n) is 6.74. The Morgan fingerprint density at radius 1 is 1.12 bits per heavy atom. The normalized spacial score (nSPS) is 21.4. The third-order valence-corrected chi connectivity index (χ3v) is 6.74. The highest BCUT2D eigenvalue weighted by molar-refractivity contribution is 5.97. The van der Waals surface area contributed by atoms with E-state index in [2.05, 4.69) is 21.5 Å². The second kappa shape index (κ2) is 9.77. The fraction of sp³-hybridized carbons (Fsp3) is 0.385. The van der Waals surface area contributed by atoms with E-state index in [-0.39, 0.29) is 36.1 Å². The first-order chi connectivity index (χ1) is 16.6. The predicted octanol–water partition coefficient (Wildman–Crippen LogP) is 3.34. The van der Waals surface area contributed by atoms with E-state index in [0.717, 1.165) is 17.7 Å². The number of anilines is 1. The van der Waals surface area contributed by atoms with Gasteiger partial charge in [-0.3, -0.25) is 9.59 Å². The molecule has 1 aliphatic heterocycles. The van der Waals surface area contributed by atoms with Crippen molar-refractivity contribution >= 4 is 17.5 Å². The molecule has 2 amide bonds. The van der Waals surface area contributed by atoms with Crippen LogP contribution in [0.1, 0.15) is 36.6 Å². The number of rotatable bonds is 7. The molecular formula is C26H28N4O4. The fourth-order valence-electron chi connectivity index (χ4n) is 5.02. The van der Waals surface area contributed by atoms with Crippen LogP contribution < -0.4 is 10.2 Å². The third kappa shape index (κ3) is 4.46. The summed E-state index contributed by atoms with van der Waals surface area (Å²) < 4.78 is 10.7. The molecule has 1 saturated carbocycles. The zero-order valence-electron chi connectivity index (χ0n) is 19.1. The second-order valence-electron chi connectivity index (χ2n) is 8.88. The smallest absolute Gasteiger partial charge is 0.232 e. The molecule has 3 aromatic rings. The molecule has 1 aliphatic carbocycles.